The molecule has 1 rings (SSSR count). The van der Waals surface area contributed by atoms with Crippen LogP contribution in [0.15, 0.2) is 12.4 Å². The fourth-order valence-electron chi connectivity index (χ4n) is 1.09. The number of carbonyl (C=O) groups is 1. The molecule has 2 N–H and O–H groups in total. The zero-order valence-electron chi connectivity index (χ0n) is 8.41. The zero-order chi connectivity index (χ0) is 10.4. The minimum Gasteiger partial charge on any atom is -0.384 e. The molecule has 1 amide bonds. The average molecular weight is 197 g/mol. The van der Waals surface area contributed by atoms with E-state index in [1.807, 2.05) is 6.92 Å². The number of nitrogens with zero attached hydrogens (tertiary/aromatic N) is 1. The van der Waals surface area contributed by atoms with Crippen LogP contribution in [0.2, 0.25) is 0 Å². The maximum atomic E-state index is 11.3. The summed E-state index contributed by atoms with van der Waals surface area (Å²) in [5.41, 5.74) is 0. The van der Waals surface area contributed by atoms with E-state index in [9.17, 15) is 4.79 Å². The molecule has 78 valence electrons. The first-order chi connectivity index (χ1) is 6.74. The molecule has 1 unspecified atom stereocenters. The second-order valence-electron chi connectivity index (χ2n) is 3.01. The van der Waals surface area contributed by atoms with Gasteiger partial charge in [0.1, 0.15) is 5.82 Å². The predicted octanol–water partition coefficient (Wildman–Crippen LogP) is 0.623. The molecule has 1 atom stereocenters. The predicted molar refractivity (Wildman–Crippen MR) is 51.6 cm³/mol. The SMILES string of the molecule is COCCC(=O)NC(C)c1ncc[nH]1. The molecule has 0 saturated carbocycles. The van der Waals surface area contributed by atoms with Crippen molar-refractivity contribution in [2.24, 2.45) is 0 Å². The molecule has 0 fully saturated rings. The molecule has 1 aromatic rings. The lowest BCUT2D eigenvalue weighted by atomic mass is 10.3. The number of carbonyl (C=O) groups excluding carboxylic acids is 1. The normalized spacial score (nSPS) is 12.4. The Morgan fingerprint density at radius 1 is 1.79 bits per heavy atom. The number of nitrogens with one attached hydrogen (secondary N) is 2. The lowest BCUT2D eigenvalue weighted by Gasteiger charge is -2.10. The van der Waals surface area contributed by atoms with E-state index in [1.54, 1.807) is 19.5 Å². The first-order valence-electron chi connectivity index (χ1n) is 4.51. The second kappa shape index (κ2) is 5.39. The van der Waals surface area contributed by atoms with Gasteiger partial charge < -0.3 is 15.0 Å². The van der Waals surface area contributed by atoms with Crippen LogP contribution in [0, 0.1) is 0 Å². The molecule has 0 radical (unpaired) electrons. The van der Waals surface area contributed by atoms with Gasteiger partial charge >= 0.3 is 0 Å². The molecule has 0 aliphatic rings. The molecule has 14 heavy (non-hydrogen) atoms. The van der Waals surface area contributed by atoms with Crippen molar-refractivity contribution in [2.75, 3.05) is 13.7 Å². The third-order valence-electron chi connectivity index (χ3n) is 1.84. The Bertz CT molecular complexity index is 272. The summed E-state index contributed by atoms with van der Waals surface area (Å²) in [6, 6.07) is -0.0886. The van der Waals surface area contributed by atoms with Crippen LogP contribution in [0.5, 0.6) is 0 Å². The number of aromatic amines is 1. The third kappa shape index (κ3) is 3.18. The molecule has 1 aromatic heterocycles. The molecule has 0 bridgehead atoms. The van der Waals surface area contributed by atoms with Gasteiger partial charge in [-0.25, -0.2) is 4.98 Å². The third-order valence-corrected chi connectivity index (χ3v) is 1.84. The minimum atomic E-state index is -0.0886. The molecule has 1 heterocycles. The zero-order valence-corrected chi connectivity index (χ0v) is 8.41. The lowest BCUT2D eigenvalue weighted by Crippen LogP contribution is -2.27. The van der Waals surface area contributed by atoms with Gasteiger partial charge in [-0.1, -0.05) is 0 Å². The van der Waals surface area contributed by atoms with Crippen LogP contribution in [-0.2, 0) is 9.53 Å². The number of hydrogen-bond acceptors (Lipinski definition) is 3. The van der Waals surface area contributed by atoms with Crippen LogP contribution in [0.4, 0.5) is 0 Å². The van der Waals surface area contributed by atoms with Gasteiger partial charge in [0.2, 0.25) is 5.91 Å². The van der Waals surface area contributed by atoms with Gasteiger partial charge in [0, 0.05) is 25.9 Å². The maximum absolute atomic E-state index is 11.3. The molecular weight excluding hydrogens is 182 g/mol. The van der Waals surface area contributed by atoms with E-state index < -0.39 is 0 Å². The molecule has 5 heteroatoms. The number of H-pyrrole nitrogens is 1. The Hall–Kier alpha value is -1.36. The van der Waals surface area contributed by atoms with Crippen LogP contribution < -0.4 is 5.32 Å². The Morgan fingerprint density at radius 2 is 2.57 bits per heavy atom. The van der Waals surface area contributed by atoms with E-state index in [1.165, 1.54) is 0 Å². The Labute approximate surface area is 82.9 Å². The molecule has 5 nitrogen and oxygen atoms in total. The van der Waals surface area contributed by atoms with E-state index in [4.69, 9.17) is 4.74 Å². The average Bonchev–Trinajstić information content (AvgIpc) is 2.67. The molecule has 0 aliphatic heterocycles. The number of ether oxygens (including phenoxy) is 1. The molecule has 0 spiro atoms. The van der Waals surface area contributed by atoms with E-state index in [2.05, 4.69) is 15.3 Å². The van der Waals surface area contributed by atoms with Crippen LogP contribution >= 0.6 is 0 Å². The highest BCUT2D eigenvalue weighted by molar-refractivity contribution is 5.76. The van der Waals surface area contributed by atoms with Crippen molar-refractivity contribution in [1.82, 2.24) is 15.3 Å². The van der Waals surface area contributed by atoms with Crippen LogP contribution in [0.1, 0.15) is 25.2 Å². The van der Waals surface area contributed by atoms with Crippen molar-refractivity contribution < 1.29 is 9.53 Å². The van der Waals surface area contributed by atoms with E-state index >= 15 is 0 Å². The lowest BCUT2D eigenvalue weighted by molar-refractivity contribution is -0.122. The number of imidazole rings is 1. The number of methoxy groups -OCH3 is 1. The van der Waals surface area contributed by atoms with Gasteiger partial charge in [0.25, 0.3) is 0 Å². The summed E-state index contributed by atoms with van der Waals surface area (Å²) in [5, 5.41) is 2.80. The van der Waals surface area contributed by atoms with E-state index in [0.717, 1.165) is 5.82 Å². The van der Waals surface area contributed by atoms with E-state index in [-0.39, 0.29) is 11.9 Å². The van der Waals surface area contributed by atoms with Crippen molar-refractivity contribution in [2.45, 2.75) is 19.4 Å². The summed E-state index contributed by atoms with van der Waals surface area (Å²) in [6.07, 6.45) is 3.77. The number of amides is 1. The highest BCUT2D eigenvalue weighted by Gasteiger charge is 2.10. The number of rotatable bonds is 5. The Kier molecular flexibility index (Phi) is 4.12. The van der Waals surface area contributed by atoms with Gasteiger partial charge in [0.15, 0.2) is 0 Å². The summed E-state index contributed by atoms with van der Waals surface area (Å²) in [5.74, 6) is 0.728. The summed E-state index contributed by atoms with van der Waals surface area (Å²) in [6.45, 7) is 2.32. The van der Waals surface area contributed by atoms with Gasteiger partial charge in [-0.2, -0.15) is 0 Å². The number of hydrogen-bond donors (Lipinski definition) is 2. The summed E-state index contributed by atoms with van der Waals surface area (Å²) in [4.78, 5) is 18.3. The summed E-state index contributed by atoms with van der Waals surface area (Å²) in [7, 11) is 1.57. The highest BCUT2D eigenvalue weighted by Crippen LogP contribution is 2.04. The topological polar surface area (TPSA) is 67.0 Å². The van der Waals surface area contributed by atoms with Gasteiger partial charge in [-0.05, 0) is 6.92 Å². The van der Waals surface area contributed by atoms with Crippen LogP contribution in [-0.4, -0.2) is 29.6 Å². The van der Waals surface area contributed by atoms with Crippen molar-refractivity contribution in [1.29, 1.82) is 0 Å². The molecule has 0 aliphatic carbocycles. The first-order valence-corrected chi connectivity index (χ1v) is 4.51. The van der Waals surface area contributed by atoms with Crippen molar-refractivity contribution in [3.05, 3.63) is 18.2 Å². The Morgan fingerprint density at radius 3 is 3.14 bits per heavy atom. The van der Waals surface area contributed by atoms with Crippen LogP contribution in [0.25, 0.3) is 0 Å². The van der Waals surface area contributed by atoms with Crippen molar-refractivity contribution >= 4 is 5.91 Å². The standard InChI is InChI=1S/C9H15N3O2/c1-7(9-10-4-5-11-9)12-8(13)3-6-14-2/h4-5,7H,3,6H2,1-2H3,(H,10,11)(H,12,13). The fraction of sp³-hybridized carbons (Fsp3) is 0.556. The molecule has 0 aromatic carbocycles. The first kappa shape index (κ1) is 10.7. The van der Waals surface area contributed by atoms with Crippen molar-refractivity contribution in [3.63, 3.8) is 0 Å². The number of aromatic nitrogens is 2. The van der Waals surface area contributed by atoms with Gasteiger partial charge in [-0.3, -0.25) is 4.79 Å². The maximum Gasteiger partial charge on any atom is 0.222 e. The molecule has 0 saturated heterocycles. The van der Waals surface area contributed by atoms with Crippen LogP contribution in [0.3, 0.4) is 0 Å². The van der Waals surface area contributed by atoms with Gasteiger partial charge in [0.05, 0.1) is 12.6 Å². The summed E-state index contributed by atoms with van der Waals surface area (Å²) < 4.78 is 4.80. The Balaban J connectivity index is 2.33. The quantitative estimate of drug-likeness (QED) is 0.727. The summed E-state index contributed by atoms with van der Waals surface area (Å²) >= 11 is 0. The highest BCUT2D eigenvalue weighted by atomic mass is 16.5. The second-order valence-corrected chi connectivity index (χ2v) is 3.01. The minimum absolute atomic E-state index is 0.0317. The monoisotopic (exact) mass is 197 g/mol. The van der Waals surface area contributed by atoms with Crippen molar-refractivity contribution in [3.8, 4) is 0 Å². The van der Waals surface area contributed by atoms with Gasteiger partial charge in [-0.15, -0.1) is 0 Å². The fourth-order valence-corrected chi connectivity index (χ4v) is 1.09. The largest absolute Gasteiger partial charge is 0.384 e. The molecular formula is C9H15N3O2. The smallest absolute Gasteiger partial charge is 0.222 e. The van der Waals surface area contributed by atoms with E-state index in [0.29, 0.717) is 13.0 Å².